The lowest BCUT2D eigenvalue weighted by Crippen LogP contribution is -2.33. The molecular weight excluding hydrogens is 299 g/mol. The molecule has 96 valence electrons. The van der Waals surface area contributed by atoms with Gasteiger partial charge in [0.2, 0.25) is 5.91 Å². The predicted molar refractivity (Wildman–Crippen MR) is 70.8 cm³/mol. The largest absolute Gasteiger partial charge is 0.323 e. The van der Waals surface area contributed by atoms with Crippen molar-refractivity contribution in [3.63, 3.8) is 0 Å². The van der Waals surface area contributed by atoms with E-state index >= 15 is 0 Å². The molecule has 0 saturated carbocycles. The number of amides is 1. The lowest BCUT2D eigenvalue weighted by Gasteiger charge is -2.19. The monoisotopic (exact) mass is 312 g/mol. The summed E-state index contributed by atoms with van der Waals surface area (Å²) in [5.41, 5.74) is 0.256. The van der Waals surface area contributed by atoms with Crippen LogP contribution in [-0.2, 0) is 4.79 Å². The van der Waals surface area contributed by atoms with Crippen LogP contribution in [0.15, 0.2) is 22.7 Å². The summed E-state index contributed by atoms with van der Waals surface area (Å²) in [7, 11) is 0. The van der Waals surface area contributed by atoms with E-state index in [0.29, 0.717) is 10.5 Å². The van der Waals surface area contributed by atoms with Crippen LogP contribution in [0.25, 0.3) is 0 Å². The van der Waals surface area contributed by atoms with E-state index in [2.05, 4.69) is 26.6 Å². The molecule has 18 heavy (non-hydrogen) atoms. The van der Waals surface area contributed by atoms with Gasteiger partial charge in [-0.2, -0.15) is 0 Å². The van der Waals surface area contributed by atoms with E-state index in [-0.39, 0.29) is 23.6 Å². The Morgan fingerprint density at radius 2 is 2.28 bits per heavy atom. The van der Waals surface area contributed by atoms with Gasteiger partial charge in [-0.25, -0.2) is 4.39 Å². The van der Waals surface area contributed by atoms with Crippen molar-refractivity contribution in [2.45, 2.75) is 31.3 Å². The summed E-state index contributed by atoms with van der Waals surface area (Å²) in [5.74, 6) is -0.503. The highest BCUT2D eigenvalue weighted by molar-refractivity contribution is 9.10. The molecule has 2 N–H and O–H groups in total. The van der Waals surface area contributed by atoms with E-state index in [1.165, 1.54) is 6.07 Å². The van der Waals surface area contributed by atoms with Crippen molar-refractivity contribution < 1.29 is 9.18 Å². The molecule has 0 spiro atoms. The maximum absolute atomic E-state index is 13.6. The molecule has 2 bridgehead atoms. The van der Waals surface area contributed by atoms with Gasteiger partial charge in [0.25, 0.3) is 0 Å². The second-order valence-corrected chi connectivity index (χ2v) is 5.92. The number of rotatable bonds is 2. The van der Waals surface area contributed by atoms with Crippen molar-refractivity contribution in [1.82, 2.24) is 5.32 Å². The number of nitrogens with one attached hydrogen (secondary N) is 2. The van der Waals surface area contributed by atoms with Crippen molar-refractivity contribution in [3.05, 3.63) is 28.5 Å². The first-order chi connectivity index (χ1) is 8.63. The van der Waals surface area contributed by atoms with Gasteiger partial charge >= 0.3 is 0 Å². The summed E-state index contributed by atoms with van der Waals surface area (Å²) in [6.45, 7) is 0. The molecule has 1 amide bonds. The number of fused-ring (bicyclic) bond motifs is 2. The van der Waals surface area contributed by atoms with Gasteiger partial charge in [0, 0.05) is 16.6 Å². The first-order valence-electron chi connectivity index (χ1n) is 6.15. The molecule has 0 radical (unpaired) electrons. The molecule has 2 saturated heterocycles. The second kappa shape index (κ2) is 4.63. The normalized spacial score (nSPS) is 29.6. The Morgan fingerprint density at radius 1 is 1.44 bits per heavy atom. The van der Waals surface area contributed by atoms with Crippen LogP contribution in [0, 0.1) is 11.7 Å². The number of carbonyl (C=O) groups is 1. The molecule has 3 unspecified atom stereocenters. The maximum atomic E-state index is 13.6. The molecule has 1 aromatic rings. The highest BCUT2D eigenvalue weighted by atomic mass is 79.9. The molecule has 1 aromatic carbocycles. The smallest absolute Gasteiger partial charge is 0.229 e. The van der Waals surface area contributed by atoms with Crippen LogP contribution in [-0.4, -0.2) is 18.0 Å². The van der Waals surface area contributed by atoms with Crippen molar-refractivity contribution in [1.29, 1.82) is 0 Å². The Morgan fingerprint density at radius 3 is 2.89 bits per heavy atom. The maximum Gasteiger partial charge on any atom is 0.229 e. The van der Waals surface area contributed by atoms with Gasteiger partial charge in [-0.05, 0) is 37.5 Å². The standard InChI is InChI=1S/C13H14BrFN2O/c14-7-1-3-12(10(15)5-7)17-13(18)9-6-8-2-4-11(9)16-8/h1,3,5,8-9,11,16H,2,4,6H2,(H,17,18). The van der Waals surface area contributed by atoms with Crippen LogP contribution in [0.1, 0.15) is 19.3 Å². The number of halogens is 2. The van der Waals surface area contributed by atoms with E-state index in [9.17, 15) is 9.18 Å². The molecule has 2 aliphatic heterocycles. The zero-order chi connectivity index (χ0) is 12.7. The van der Waals surface area contributed by atoms with E-state index in [0.717, 1.165) is 19.3 Å². The third-order valence-electron chi connectivity index (χ3n) is 3.83. The fraction of sp³-hybridized carbons (Fsp3) is 0.462. The molecule has 2 aliphatic rings. The van der Waals surface area contributed by atoms with Crippen molar-refractivity contribution in [2.75, 3.05) is 5.32 Å². The first kappa shape index (κ1) is 12.1. The molecule has 3 atom stereocenters. The molecule has 3 nitrogen and oxygen atoms in total. The molecule has 2 heterocycles. The molecule has 5 heteroatoms. The summed E-state index contributed by atoms with van der Waals surface area (Å²) in [6.07, 6.45) is 3.07. The van der Waals surface area contributed by atoms with Crippen LogP contribution < -0.4 is 10.6 Å². The van der Waals surface area contributed by atoms with Gasteiger partial charge in [-0.3, -0.25) is 4.79 Å². The minimum Gasteiger partial charge on any atom is -0.323 e. The highest BCUT2D eigenvalue weighted by Gasteiger charge is 2.42. The first-order valence-corrected chi connectivity index (χ1v) is 6.95. The Labute approximate surface area is 113 Å². The van der Waals surface area contributed by atoms with E-state index in [1.807, 2.05) is 0 Å². The summed E-state index contributed by atoms with van der Waals surface area (Å²) in [6, 6.07) is 5.40. The van der Waals surface area contributed by atoms with E-state index in [4.69, 9.17) is 0 Å². The van der Waals surface area contributed by atoms with Crippen LogP contribution in [0.2, 0.25) is 0 Å². The number of hydrogen-bond acceptors (Lipinski definition) is 2. The fourth-order valence-electron chi connectivity index (χ4n) is 2.93. The van der Waals surface area contributed by atoms with Crippen LogP contribution in [0.4, 0.5) is 10.1 Å². The minimum atomic E-state index is -0.408. The van der Waals surface area contributed by atoms with E-state index in [1.54, 1.807) is 12.1 Å². The summed E-state index contributed by atoms with van der Waals surface area (Å²) >= 11 is 3.19. The summed E-state index contributed by atoms with van der Waals surface area (Å²) in [5, 5.41) is 6.10. The van der Waals surface area contributed by atoms with Crippen LogP contribution in [0.3, 0.4) is 0 Å². The SMILES string of the molecule is O=C(Nc1ccc(Br)cc1F)C1CC2CCC1N2. The van der Waals surface area contributed by atoms with Gasteiger partial charge in [0.05, 0.1) is 11.6 Å². The fourth-order valence-corrected chi connectivity index (χ4v) is 3.26. The number of carbonyl (C=O) groups excluding carboxylic acids is 1. The topological polar surface area (TPSA) is 41.1 Å². The Hall–Kier alpha value is -0.940. The van der Waals surface area contributed by atoms with Gasteiger partial charge in [0.1, 0.15) is 5.82 Å². The summed E-state index contributed by atoms with van der Waals surface area (Å²) < 4.78 is 14.3. The Kier molecular flexibility index (Phi) is 3.11. The highest BCUT2D eigenvalue weighted by Crippen LogP contribution is 2.34. The summed E-state index contributed by atoms with van der Waals surface area (Å²) in [4.78, 5) is 12.1. The average molecular weight is 313 g/mol. The molecule has 2 fully saturated rings. The Bertz CT molecular complexity index is 494. The lowest BCUT2D eigenvalue weighted by atomic mass is 9.88. The number of hydrogen-bond donors (Lipinski definition) is 2. The molecule has 0 aliphatic carbocycles. The van der Waals surface area contributed by atoms with E-state index < -0.39 is 5.82 Å². The quantitative estimate of drug-likeness (QED) is 0.881. The predicted octanol–water partition coefficient (Wildman–Crippen LogP) is 2.67. The molecule has 3 rings (SSSR count). The second-order valence-electron chi connectivity index (χ2n) is 5.00. The van der Waals surface area contributed by atoms with Crippen LogP contribution in [0.5, 0.6) is 0 Å². The number of anilines is 1. The average Bonchev–Trinajstić information content (AvgIpc) is 2.94. The van der Waals surface area contributed by atoms with Crippen molar-refractivity contribution in [2.24, 2.45) is 5.92 Å². The number of benzene rings is 1. The van der Waals surface area contributed by atoms with Crippen LogP contribution >= 0.6 is 15.9 Å². The third-order valence-corrected chi connectivity index (χ3v) is 4.32. The van der Waals surface area contributed by atoms with Crippen molar-refractivity contribution in [3.8, 4) is 0 Å². The zero-order valence-corrected chi connectivity index (χ0v) is 11.3. The molecular formula is C13H14BrFN2O. The third kappa shape index (κ3) is 2.17. The molecule has 0 aromatic heterocycles. The van der Waals surface area contributed by atoms with Crippen molar-refractivity contribution >= 4 is 27.5 Å². The van der Waals surface area contributed by atoms with Gasteiger partial charge < -0.3 is 10.6 Å². The minimum absolute atomic E-state index is 0.0215. The van der Waals surface area contributed by atoms with Gasteiger partial charge in [-0.15, -0.1) is 0 Å². The Balaban J connectivity index is 1.71. The van der Waals surface area contributed by atoms with Gasteiger partial charge in [-0.1, -0.05) is 15.9 Å². The zero-order valence-electron chi connectivity index (χ0n) is 9.75. The lowest BCUT2D eigenvalue weighted by molar-refractivity contribution is -0.120. The van der Waals surface area contributed by atoms with Gasteiger partial charge in [0.15, 0.2) is 0 Å².